The lowest BCUT2D eigenvalue weighted by atomic mass is 9.96. The number of benzene rings is 2. The van der Waals surface area contributed by atoms with Crippen molar-refractivity contribution in [1.29, 1.82) is 0 Å². The zero-order valence-corrected chi connectivity index (χ0v) is 19.6. The van der Waals surface area contributed by atoms with Crippen LogP contribution in [0.3, 0.4) is 0 Å². The maximum atomic E-state index is 12.4. The van der Waals surface area contributed by atoms with E-state index in [4.69, 9.17) is 4.74 Å². The second-order valence-corrected chi connectivity index (χ2v) is 8.74. The Hall–Kier alpha value is -1.97. The predicted octanol–water partition coefficient (Wildman–Crippen LogP) is 5.31. The van der Waals surface area contributed by atoms with E-state index in [2.05, 4.69) is 73.1 Å². The van der Waals surface area contributed by atoms with Crippen LogP contribution in [0.4, 0.5) is 4.79 Å². The predicted molar refractivity (Wildman–Crippen MR) is 130 cm³/mol. The number of amides is 1. The molecule has 1 amide bonds. The van der Waals surface area contributed by atoms with E-state index in [9.17, 15) is 4.79 Å². The van der Waals surface area contributed by atoms with Gasteiger partial charge < -0.3 is 10.1 Å². The van der Waals surface area contributed by atoms with Crippen molar-refractivity contribution in [3.63, 3.8) is 0 Å². The maximum Gasteiger partial charge on any atom is 0.407 e. The van der Waals surface area contributed by atoms with Crippen LogP contribution in [0.2, 0.25) is 0 Å². The number of halogens is 1. The van der Waals surface area contributed by atoms with Crippen molar-refractivity contribution >= 4 is 40.3 Å². The summed E-state index contributed by atoms with van der Waals surface area (Å²) in [6.45, 7) is 0.250. The third-order valence-electron chi connectivity index (χ3n) is 4.82. The van der Waals surface area contributed by atoms with Crippen molar-refractivity contribution in [2.24, 2.45) is 0 Å². The quantitative estimate of drug-likeness (QED) is 0.258. The molecule has 0 saturated carbocycles. The van der Waals surface area contributed by atoms with Crippen LogP contribution in [-0.2, 0) is 24.2 Å². The third-order valence-corrected chi connectivity index (χ3v) is 6.45. The molecule has 0 saturated heterocycles. The molecule has 2 atom stereocenters. The largest absolute Gasteiger partial charge is 0.444 e. The van der Waals surface area contributed by atoms with Gasteiger partial charge in [-0.05, 0) is 36.8 Å². The number of aromatic nitrogens is 1. The van der Waals surface area contributed by atoms with Crippen LogP contribution in [0, 0.1) is 0 Å². The molecule has 0 unspecified atom stereocenters. The van der Waals surface area contributed by atoms with Gasteiger partial charge in [-0.2, -0.15) is 0 Å². The summed E-state index contributed by atoms with van der Waals surface area (Å²) < 4.78 is 8.77. The van der Waals surface area contributed by atoms with Crippen LogP contribution in [-0.4, -0.2) is 23.2 Å². The highest BCUT2D eigenvalue weighted by molar-refractivity contribution is 14.1. The fraction of sp³-hybridized carbons (Fsp3) is 0.304. The van der Waals surface area contributed by atoms with Gasteiger partial charge in [0.2, 0.25) is 0 Å². The molecule has 0 spiro atoms. The Morgan fingerprint density at radius 2 is 1.57 bits per heavy atom. The van der Waals surface area contributed by atoms with E-state index >= 15 is 0 Å². The van der Waals surface area contributed by atoms with Gasteiger partial charge in [-0.1, -0.05) is 60.7 Å². The monoisotopic (exact) mass is 535 g/mol. The number of ether oxygens (including phenoxy) is 1. The molecule has 2 aromatic carbocycles. The lowest BCUT2D eigenvalue weighted by Gasteiger charge is -2.22. The molecule has 3 rings (SSSR count). The normalized spacial score (nSPS) is 12.8. The number of carbonyl (C=O) groups excluding carboxylic acids is 1. The zero-order valence-electron chi connectivity index (χ0n) is 16.7. The number of rotatable bonds is 11. The van der Waals surface area contributed by atoms with Crippen LogP contribution in [0.25, 0.3) is 0 Å². The SMILES string of the molecule is O=C(N[C@H](CC[C@H](Cc1ccccc1)NI)Cc1ccccc1)OCc1cncs1. The molecule has 0 bridgehead atoms. The van der Waals surface area contributed by atoms with E-state index in [0.717, 1.165) is 30.6 Å². The zero-order chi connectivity index (χ0) is 21.0. The number of nitrogens with one attached hydrogen (secondary N) is 2. The topological polar surface area (TPSA) is 63.2 Å². The third kappa shape index (κ3) is 8.04. The van der Waals surface area contributed by atoms with Gasteiger partial charge in [0.05, 0.1) is 10.4 Å². The minimum absolute atomic E-state index is 0.00406. The number of alkyl carbamates (subject to hydrolysis) is 1. The summed E-state index contributed by atoms with van der Waals surface area (Å²) in [5.74, 6) is 0. The summed E-state index contributed by atoms with van der Waals surface area (Å²) in [5.41, 5.74) is 4.24. The Bertz CT molecular complexity index is 863. The first-order valence-electron chi connectivity index (χ1n) is 9.97. The van der Waals surface area contributed by atoms with Crippen molar-refractivity contribution in [3.8, 4) is 0 Å². The van der Waals surface area contributed by atoms with Crippen LogP contribution in [0.1, 0.15) is 28.8 Å². The van der Waals surface area contributed by atoms with E-state index in [1.807, 2.05) is 24.3 Å². The molecule has 0 aliphatic carbocycles. The summed E-state index contributed by atoms with van der Waals surface area (Å²) >= 11 is 3.70. The van der Waals surface area contributed by atoms with Gasteiger partial charge in [0, 0.05) is 41.1 Å². The first-order valence-corrected chi connectivity index (χ1v) is 11.9. The van der Waals surface area contributed by atoms with Gasteiger partial charge in [-0.15, -0.1) is 11.3 Å². The van der Waals surface area contributed by atoms with Crippen molar-refractivity contribution in [1.82, 2.24) is 13.8 Å². The minimum Gasteiger partial charge on any atom is -0.444 e. The molecule has 0 radical (unpaired) electrons. The van der Waals surface area contributed by atoms with Crippen molar-refractivity contribution in [3.05, 3.63) is 88.4 Å². The number of hydrogen-bond acceptors (Lipinski definition) is 5. The molecule has 0 aliphatic rings. The van der Waals surface area contributed by atoms with Crippen molar-refractivity contribution < 1.29 is 9.53 Å². The highest BCUT2D eigenvalue weighted by Crippen LogP contribution is 2.14. The van der Waals surface area contributed by atoms with E-state index in [0.29, 0.717) is 6.04 Å². The molecular formula is C23H26IN3O2S. The van der Waals surface area contributed by atoms with E-state index in [1.165, 1.54) is 22.5 Å². The van der Waals surface area contributed by atoms with Crippen LogP contribution in [0.15, 0.2) is 72.4 Å². The van der Waals surface area contributed by atoms with Gasteiger partial charge in [0.25, 0.3) is 0 Å². The molecule has 158 valence electrons. The molecule has 3 aromatic rings. The van der Waals surface area contributed by atoms with Gasteiger partial charge in [-0.25, -0.2) is 4.79 Å². The summed E-state index contributed by atoms with van der Waals surface area (Å²) in [6, 6.07) is 21.1. The maximum absolute atomic E-state index is 12.4. The molecular weight excluding hydrogens is 509 g/mol. The average Bonchev–Trinajstić information content (AvgIpc) is 3.30. The second kappa shape index (κ2) is 12.7. The Morgan fingerprint density at radius 1 is 0.967 bits per heavy atom. The van der Waals surface area contributed by atoms with Gasteiger partial charge in [0.15, 0.2) is 0 Å². The van der Waals surface area contributed by atoms with Crippen LogP contribution >= 0.6 is 34.2 Å². The molecule has 1 aromatic heterocycles. The van der Waals surface area contributed by atoms with E-state index in [1.54, 1.807) is 11.7 Å². The average molecular weight is 535 g/mol. The summed E-state index contributed by atoms with van der Waals surface area (Å²) in [7, 11) is 0. The molecule has 0 aliphatic heterocycles. The van der Waals surface area contributed by atoms with Gasteiger partial charge in [0.1, 0.15) is 6.61 Å². The van der Waals surface area contributed by atoms with Crippen molar-refractivity contribution in [2.45, 2.75) is 44.4 Å². The van der Waals surface area contributed by atoms with Crippen LogP contribution < -0.4 is 8.85 Å². The van der Waals surface area contributed by atoms with E-state index in [-0.39, 0.29) is 18.7 Å². The Balaban J connectivity index is 1.56. The lowest BCUT2D eigenvalue weighted by Crippen LogP contribution is -2.38. The van der Waals surface area contributed by atoms with Crippen LogP contribution in [0.5, 0.6) is 0 Å². The van der Waals surface area contributed by atoms with E-state index < -0.39 is 0 Å². The standard InChI is InChI=1S/C23H26IN3O2S/c24-27-21(14-19-9-5-2-6-10-19)12-11-20(13-18-7-3-1-4-8-18)26-23(28)29-16-22-15-25-17-30-22/h1-10,15,17,20-21,27H,11-14,16H2,(H,26,28)/t20-,21-/m1/s1. The Labute approximate surface area is 195 Å². The number of thiazole rings is 1. The molecule has 30 heavy (non-hydrogen) atoms. The molecule has 2 N–H and O–H groups in total. The number of hydrogen-bond donors (Lipinski definition) is 2. The summed E-state index contributed by atoms with van der Waals surface area (Å²) in [6.07, 6.45) is 4.88. The fourth-order valence-corrected chi connectivity index (χ4v) is 4.32. The number of carbonyl (C=O) groups is 1. The minimum atomic E-state index is -0.383. The second-order valence-electron chi connectivity index (χ2n) is 7.15. The first kappa shape index (κ1) is 22.7. The molecule has 1 heterocycles. The molecule has 7 heteroatoms. The highest BCUT2D eigenvalue weighted by atomic mass is 127. The molecule has 5 nitrogen and oxygen atoms in total. The highest BCUT2D eigenvalue weighted by Gasteiger charge is 2.17. The summed E-state index contributed by atoms with van der Waals surface area (Å²) in [4.78, 5) is 17.3. The Morgan fingerprint density at radius 3 is 2.13 bits per heavy atom. The summed E-state index contributed by atoms with van der Waals surface area (Å²) in [5, 5.41) is 3.06. The smallest absolute Gasteiger partial charge is 0.407 e. The lowest BCUT2D eigenvalue weighted by molar-refractivity contribution is 0.135. The van der Waals surface area contributed by atoms with Crippen molar-refractivity contribution in [2.75, 3.05) is 0 Å². The fourth-order valence-electron chi connectivity index (χ4n) is 3.28. The van der Waals surface area contributed by atoms with Gasteiger partial charge in [-0.3, -0.25) is 8.51 Å². The molecule has 0 fully saturated rings. The van der Waals surface area contributed by atoms with Gasteiger partial charge >= 0.3 is 6.09 Å². The number of nitrogens with zero attached hydrogens (tertiary/aromatic N) is 1. The Kier molecular flexibility index (Phi) is 9.59. The first-order chi connectivity index (χ1) is 14.7.